The molecule has 3 aliphatic heterocycles. The fourth-order valence-corrected chi connectivity index (χ4v) is 9.42. The van der Waals surface area contributed by atoms with E-state index in [2.05, 4.69) is 10.6 Å². The highest BCUT2D eigenvalue weighted by Gasteiger charge is 2.47. The lowest BCUT2D eigenvalue weighted by atomic mass is 9.86. The second-order valence-electron chi connectivity index (χ2n) is 15.2. The summed E-state index contributed by atoms with van der Waals surface area (Å²) >= 11 is 1.47. The molecule has 3 aromatic carbocycles. The van der Waals surface area contributed by atoms with Crippen molar-refractivity contribution in [2.45, 2.75) is 94.8 Å². The third-order valence-corrected chi connectivity index (χ3v) is 12.6. The van der Waals surface area contributed by atoms with Gasteiger partial charge in [0, 0.05) is 30.6 Å². The van der Waals surface area contributed by atoms with Crippen LogP contribution < -0.4 is 15.5 Å². The van der Waals surface area contributed by atoms with Gasteiger partial charge in [0.15, 0.2) is 0 Å². The number of halogens is 3. The number of benzene rings is 3. The molecule has 6 atom stereocenters. The first-order valence-electron chi connectivity index (χ1n) is 19.5. The molecule has 6 rings (SSSR count). The zero-order valence-corrected chi connectivity index (χ0v) is 32.1. The maximum absolute atomic E-state index is 14.2. The summed E-state index contributed by atoms with van der Waals surface area (Å²) in [5.41, 5.74) is 3.69. The SMILES string of the molecule is Cc1ccccc1N1CCCCC(NC(=O)C(CCC(Cc2ccccc2)C(=O)NC2CCSC3CCC(C(F)(F)F)CN3C2=O)Cc2ccccc2)C1=O. The Morgan fingerprint density at radius 3 is 1.89 bits per heavy atom. The van der Waals surface area contributed by atoms with Crippen molar-refractivity contribution in [1.82, 2.24) is 15.5 Å². The van der Waals surface area contributed by atoms with Gasteiger partial charge in [-0.3, -0.25) is 19.2 Å². The third-order valence-electron chi connectivity index (χ3n) is 11.3. The van der Waals surface area contributed by atoms with Crippen LogP contribution in [0.25, 0.3) is 0 Å². The number of fused-ring (bicyclic) bond motifs is 1. The number of anilines is 1. The molecule has 0 saturated carbocycles. The predicted octanol–water partition coefficient (Wildman–Crippen LogP) is 7.24. The minimum absolute atomic E-state index is 0.0152. The summed E-state index contributed by atoms with van der Waals surface area (Å²) in [5.74, 6) is -3.43. The molecule has 6 unspecified atom stereocenters. The second kappa shape index (κ2) is 18.5. The Kier molecular flexibility index (Phi) is 13.6. The van der Waals surface area contributed by atoms with Crippen LogP contribution in [0.4, 0.5) is 18.9 Å². The maximum Gasteiger partial charge on any atom is 0.393 e. The highest BCUT2D eigenvalue weighted by atomic mass is 32.2. The van der Waals surface area contributed by atoms with E-state index in [1.54, 1.807) is 4.90 Å². The Hall–Kier alpha value is -4.32. The van der Waals surface area contributed by atoms with Gasteiger partial charge in [-0.2, -0.15) is 13.2 Å². The number of aryl methyl sites for hydroxylation is 1. The van der Waals surface area contributed by atoms with Crippen molar-refractivity contribution < 1.29 is 32.3 Å². The third kappa shape index (κ3) is 10.5. The van der Waals surface area contributed by atoms with E-state index in [1.165, 1.54) is 16.7 Å². The van der Waals surface area contributed by atoms with Crippen LogP contribution >= 0.6 is 11.8 Å². The van der Waals surface area contributed by atoms with E-state index in [0.29, 0.717) is 50.8 Å². The largest absolute Gasteiger partial charge is 0.393 e. The van der Waals surface area contributed by atoms with Crippen molar-refractivity contribution in [3.05, 3.63) is 102 Å². The van der Waals surface area contributed by atoms with Gasteiger partial charge in [-0.05, 0) is 99.6 Å². The molecule has 294 valence electrons. The zero-order valence-electron chi connectivity index (χ0n) is 31.3. The lowest BCUT2D eigenvalue weighted by Crippen LogP contribution is -2.55. The summed E-state index contributed by atoms with van der Waals surface area (Å²) < 4.78 is 41.1. The fourth-order valence-electron chi connectivity index (χ4n) is 8.11. The van der Waals surface area contributed by atoms with E-state index in [9.17, 15) is 32.3 Å². The average Bonchev–Trinajstić information content (AvgIpc) is 3.45. The van der Waals surface area contributed by atoms with Crippen LogP contribution in [0.5, 0.6) is 0 Å². The predicted molar refractivity (Wildman–Crippen MR) is 209 cm³/mol. The maximum atomic E-state index is 14.2. The van der Waals surface area contributed by atoms with E-state index >= 15 is 0 Å². The molecule has 3 fully saturated rings. The molecule has 3 aromatic rings. The first-order valence-corrected chi connectivity index (χ1v) is 20.6. The molecule has 0 aromatic heterocycles. The number of rotatable bonds is 12. The summed E-state index contributed by atoms with van der Waals surface area (Å²) in [5, 5.41) is 5.71. The smallest absolute Gasteiger partial charge is 0.344 e. The van der Waals surface area contributed by atoms with Crippen molar-refractivity contribution in [3.63, 3.8) is 0 Å². The highest BCUT2D eigenvalue weighted by Crippen LogP contribution is 2.40. The van der Waals surface area contributed by atoms with E-state index in [1.807, 2.05) is 91.9 Å². The van der Waals surface area contributed by atoms with E-state index in [0.717, 1.165) is 35.2 Å². The van der Waals surface area contributed by atoms with Gasteiger partial charge in [0.2, 0.25) is 23.6 Å². The molecule has 0 spiro atoms. The van der Waals surface area contributed by atoms with E-state index in [4.69, 9.17) is 0 Å². The molecule has 0 aliphatic carbocycles. The first kappa shape index (κ1) is 40.3. The quantitative estimate of drug-likeness (QED) is 0.202. The summed E-state index contributed by atoms with van der Waals surface area (Å²) in [6.07, 6.45) is -0.270. The van der Waals surface area contributed by atoms with Crippen LogP contribution in [0, 0.1) is 24.7 Å². The van der Waals surface area contributed by atoms with Gasteiger partial charge in [-0.25, -0.2) is 0 Å². The minimum Gasteiger partial charge on any atom is -0.344 e. The van der Waals surface area contributed by atoms with Crippen molar-refractivity contribution in [2.24, 2.45) is 17.8 Å². The molecule has 12 heteroatoms. The fraction of sp³-hybridized carbons (Fsp3) is 0.488. The van der Waals surface area contributed by atoms with Crippen molar-refractivity contribution in [3.8, 4) is 0 Å². The number of piperidine rings is 1. The minimum atomic E-state index is -4.39. The number of nitrogens with zero attached hydrogens (tertiary/aromatic N) is 2. The zero-order chi connectivity index (χ0) is 39.0. The van der Waals surface area contributed by atoms with Crippen molar-refractivity contribution in [2.75, 3.05) is 23.7 Å². The number of hydrogen-bond donors (Lipinski definition) is 2. The van der Waals surface area contributed by atoms with Gasteiger partial charge < -0.3 is 20.4 Å². The number of carbonyl (C=O) groups excluding carboxylic acids is 4. The van der Waals surface area contributed by atoms with Gasteiger partial charge in [-0.1, -0.05) is 78.9 Å². The molecule has 0 bridgehead atoms. The lowest BCUT2D eigenvalue weighted by molar-refractivity contribution is -0.189. The highest BCUT2D eigenvalue weighted by molar-refractivity contribution is 7.99. The second-order valence-corrected chi connectivity index (χ2v) is 16.5. The Morgan fingerprint density at radius 2 is 1.31 bits per heavy atom. The van der Waals surface area contributed by atoms with Crippen LogP contribution in [-0.2, 0) is 32.0 Å². The molecular formula is C43H51F3N4O4S. The molecule has 3 heterocycles. The van der Waals surface area contributed by atoms with Crippen LogP contribution in [0.3, 0.4) is 0 Å². The Morgan fingerprint density at radius 1 is 0.745 bits per heavy atom. The van der Waals surface area contributed by atoms with Gasteiger partial charge in [0.1, 0.15) is 12.1 Å². The number of alkyl halides is 3. The molecule has 8 nitrogen and oxygen atoms in total. The van der Waals surface area contributed by atoms with Crippen molar-refractivity contribution in [1.29, 1.82) is 0 Å². The van der Waals surface area contributed by atoms with E-state index in [-0.39, 0.29) is 35.9 Å². The molecule has 3 aliphatic rings. The summed E-state index contributed by atoms with van der Waals surface area (Å²) in [6.45, 7) is 2.14. The molecule has 55 heavy (non-hydrogen) atoms. The molecular weight excluding hydrogens is 726 g/mol. The van der Waals surface area contributed by atoms with Gasteiger partial charge in [0.05, 0.1) is 11.3 Å². The number of thioether (sulfide) groups is 1. The summed E-state index contributed by atoms with van der Waals surface area (Å²) in [6, 6.07) is 25.3. The lowest BCUT2D eigenvalue weighted by Gasteiger charge is -2.39. The summed E-state index contributed by atoms with van der Waals surface area (Å²) in [7, 11) is 0. The molecule has 3 saturated heterocycles. The topological polar surface area (TPSA) is 98.8 Å². The van der Waals surface area contributed by atoms with Crippen LogP contribution in [0.1, 0.15) is 68.1 Å². The van der Waals surface area contributed by atoms with Gasteiger partial charge in [-0.15, -0.1) is 11.8 Å². The molecule has 2 N–H and O–H groups in total. The average molecular weight is 777 g/mol. The number of amides is 4. The molecule has 4 amide bonds. The van der Waals surface area contributed by atoms with Crippen molar-refractivity contribution >= 4 is 41.1 Å². The van der Waals surface area contributed by atoms with Crippen LogP contribution in [0.15, 0.2) is 84.9 Å². The standard InChI is InChI=1S/C43H51F3N4O4S/c1-29-12-8-9-18-37(29)49-24-11-10-17-35(41(49)53)47-39(51)32(26-30-13-4-2-5-14-30)19-20-33(27-31-15-6-3-7-16-31)40(52)48-36-23-25-55-38-22-21-34(43(44,45)46)28-50(38)42(36)54/h2-9,12-16,18,32-36,38H,10-11,17,19-28H2,1H3,(H,47,51)(H,48,52). The Balaban J connectivity index is 1.19. The van der Waals surface area contributed by atoms with Crippen LogP contribution in [0.2, 0.25) is 0 Å². The normalized spacial score (nSPS) is 23.2. The Bertz CT molecular complexity index is 1780. The Labute approximate surface area is 326 Å². The number of nitrogens with one attached hydrogen (secondary N) is 2. The van der Waals surface area contributed by atoms with Crippen LogP contribution in [-0.4, -0.2) is 71.0 Å². The number of carbonyl (C=O) groups is 4. The van der Waals surface area contributed by atoms with E-state index < -0.39 is 48.5 Å². The molecule has 0 radical (unpaired) electrons. The van der Waals surface area contributed by atoms with Gasteiger partial charge >= 0.3 is 6.18 Å². The number of para-hydroxylation sites is 1. The number of hydrogen-bond acceptors (Lipinski definition) is 5. The van der Waals surface area contributed by atoms with Gasteiger partial charge in [0.25, 0.3) is 0 Å². The monoisotopic (exact) mass is 776 g/mol. The summed E-state index contributed by atoms with van der Waals surface area (Å²) in [4.78, 5) is 59.2. The first-order chi connectivity index (χ1) is 26.5.